The zero-order valence-corrected chi connectivity index (χ0v) is 22.3. The Morgan fingerprint density at radius 3 is 2.20 bits per heavy atom. The second-order valence-electron chi connectivity index (χ2n) is 10.4. The molecule has 2 aliphatic heterocycles. The average molecular weight is 546 g/mol. The lowest BCUT2D eigenvalue weighted by Crippen LogP contribution is -2.48. The minimum atomic E-state index is -1.55. The van der Waals surface area contributed by atoms with E-state index in [2.05, 4.69) is 0 Å². The minimum absolute atomic E-state index is 0.184. The molecule has 1 fully saturated rings. The van der Waals surface area contributed by atoms with Crippen LogP contribution in [0.5, 0.6) is 5.75 Å². The molecule has 1 saturated heterocycles. The number of nitrogens with zero attached hydrogens (tertiary/aromatic N) is 1. The number of anilines is 1. The van der Waals surface area contributed by atoms with Crippen LogP contribution in [0.3, 0.4) is 0 Å². The van der Waals surface area contributed by atoms with Gasteiger partial charge in [-0.15, -0.1) is 0 Å². The molecule has 3 atom stereocenters. The van der Waals surface area contributed by atoms with Crippen molar-refractivity contribution in [2.45, 2.75) is 18.0 Å². The Morgan fingerprint density at radius 1 is 0.850 bits per heavy atom. The van der Waals surface area contributed by atoms with E-state index >= 15 is 0 Å². The molecular weight excluding hydrogens is 522 g/mol. The third-order valence-electron chi connectivity index (χ3n) is 8.56. The highest BCUT2D eigenvalue weighted by Gasteiger charge is 2.71. The summed E-state index contributed by atoms with van der Waals surface area (Å²) in [5, 5.41) is 0.472. The van der Waals surface area contributed by atoms with E-state index in [-0.39, 0.29) is 17.3 Å². The van der Waals surface area contributed by atoms with Gasteiger partial charge < -0.3 is 9.64 Å². The summed E-state index contributed by atoms with van der Waals surface area (Å²) in [6.07, 6.45) is 3.87. The highest BCUT2D eigenvalue weighted by atomic mass is 35.5. The monoisotopic (exact) mass is 545 g/mol. The molecule has 196 valence electrons. The van der Waals surface area contributed by atoms with Gasteiger partial charge in [0, 0.05) is 33.3 Å². The lowest BCUT2D eigenvalue weighted by Gasteiger charge is -2.37. The molecule has 0 aromatic heterocycles. The highest BCUT2D eigenvalue weighted by molar-refractivity contribution is 6.33. The number of hydrogen-bond acceptors (Lipinski definition) is 5. The number of rotatable bonds is 4. The molecule has 0 bridgehead atoms. The smallest absolute Gasteiger partial charge is 0.185 e. The molecule has 7 rings (SSSR count). The molecule has 1 aliphatic carbocycles. The van der Waals surface area contributed by atoms with Crippen molar-refractivity contribution in [3.05, 3.63) is 136 Å². The Morgan fingerprint density at radius 2 is 1.52 bits per heavy atom. The van der Waals surface area contributed by atoms with Crippen molar-refractivity contribution in [1.82, 2.24) is 0 Å². The van der Waals surface area contributed by atoms with Crippen LogP contribution in [0.4, 0.5) is 5.69 Å². The minimum Gasteiger partial charge on any atom is -0.497 e. The van der Waals surface area contributed by atoms with E-state index in [1.54, 1.807) is 73.8 Å². The second-order valence-corrected chi connectivity index (χ2v) is 10.8. The number of methoxy groups -OCH3 is 1. The molecule has 40 heavy (non-hydrogen) atoms. The van der Waals surface area contributed by atoms with Crippen LogP contribution in [0.2, 0.25) is 5.02 Å². The molecule has 2 heterocycles. The molecule has 4 aromatic rings. The first-order valence-electron chi connectivity index (χ1n) is 13.1. The van der Waals surface area contributed by atoms with Gasteiger partial charge in [-0.05, 0) is 53.6 Å². The van der Waals surface area contributed by atoms with Gasteiger partial charge >= 0.3 is 0 Å². The molecule has 0 unspecified atom stereocenters. The number of ether oxygens (including phenoxy) is 1. The van der Waals surface area contributed by atoms with Gasteiger partial charge in [0.2, 0.25) is 0 Å². The fraction of sp³-hybridized carbons (Fsp3) is 0.147. The first-order chi connectivity index (χ1) is 19.5. The van der Waals surface area contributed by atoms with Crippen LogP contribution in [0.1, 0.15) is 48.1 Å². The Labute approximate surface area is 236 Å². The molecular formula is C34H24ClNO4. The maximum absolute atomic E-state index is 14.6. The lowest BCUT2D eigenvalue weighted by atomic mass is 9.64. The molecule has 4 aromatic carbocycles. The third kappa shape index (κ3) is 3.24. The predicted octanol–water partition coefficient (Wildman–Crippen LogP) is 6.66. The Hall–Kier alpha value is -4.48. The van der Waals surface area contributed by atoms with Crippen molar-refractivity contribution < 1.29 is 19.1 Å². The number of ketones is 3. The van der Waals surface area contributed by atoms with Crippen molar-refractivity contribution in [3.8, 4) is 5.75 Å². The number of carbonyl (C=O) groups is 3. The van der Waals surface area contributed by atoms with Crippen LogP contribution in [-0.2, 0) is 0 Å². The molecule has 0 saturated carbocycles. The van der Waals surface area contributed by atoms with E-state index in [1.165, 1.54) is 0 Å². The van der Waals surface area contributed by atoms with Gasteiger partial charge in [-0.1, -0.05) is 78.4 Å². The van der Waals surface area contributed by atoms with Crippen LogP contribution in [-0.4, -0.2) is 36.5 Å². The van der Waals surface area contributed by atoms with Crippen molar-refractivity contribution in [2.24, 2.45) is 5.41 Å². The number of Topliss-reactive ketones (excluding diaryl/α,β-unsaturated/α-hetero) is 3. The Balaban J connectivity index is 1.53. The fourth-order valence-electron chi connectivity index (χ4n) is 6.92. The summed E-state index contributed by atoms with van der Waals surface area (Å²) in [5.41, 5.74) is 2.11. The normalized spacial score (nSPS) is 21.8. The molecule has 6 heteroatoms. The molecule has 1 spiro atoms. The van der Waals surface area contributed by atoms with E-state index < -0.39 is 23.4 Å². The fourth-order valence-corrected chi connectivity index (χ4v) is 7.12. The standard InChI is InChI=1S/C34H24ClNO4/c1-40-24-16-13-21(14-17-24)31(37)30-29(22-8-6-9-23(35)19-22)34(32(38)25-10-3-4-11-26(25)33(34)39)28-18-15-20-7-2-5-12-27(20)36(28)30/h2-19,28-30H,1H3/t28-,29+,30-/m1/s1. The van der Waals surface area contributed by atoms with Crippen molar-refractivity contribution >= 4 is 40.7 Å². The molecule has 0 radical (unpaired) electrons. The second kappa shape index (κ2) is 9.04. The zero-order chi connectivity index (χ0) is 27.6. The number of hydrogen-bond donors (Lipinski definition) is 0. The van der Waals surface area contributed by atoms with Crippen LogP contribution < -0.4 is 9.64 Å². The van der Waals surface area contributed by atoms with Crippen LogP contribution in [0.15, 0.2) is 103 Å². The predicted molar refractivity (Wildman–Crippen MR) is 155 cm³/mol. The van der Waals surface area contributed by atoms with Crippen molar-refractivity contribution in [1.29, 1.82) is 0 Å². The van der Waals surface area contributed by atoms with Crippen LogP contribution in [0.25, 0.3) is 6.08 Å². The summed E-state index contributed by atoms with van der Waals surface area (Å²) >= 11 is 6.50. The summed E-state index contributed by atoms with van der Waals surface area (Å²) in [4.78, 5) is 45.9. The van der Waals surface area contributed by atoms with Gasteiger partial charge in [0.15, 0.2) is 17.3 Å². The number of carbonyl (C=O) groups excluding carboxylic acids is 3. The topological polar surface area (TPSA) is 63.7 Å². The van der Waals surface area contributed by atoms with Gasteiger partial charge in [0.1, 0.15) is 17.2 Å². The highest BCUT2D eigenvalue weighted by Crippen LogP contribution is 2.61. The summed E-state index contributed by atoms with van der Waals surface area (Å²) < 4.78 is 5.32. The third-order valence-corrected chi connectivity index (χ3v) is 8.80. The Bertz CT molecular complexity index is 1710. The van der Waals surface area contributed by atoms with E-state index in [4.69, 9.17) is 16.3 Å². The van der Waals surface area contributed by atoms with Gasteiger partial charge in [-0.25, -0.2) is 0 Å². The number of para-hydroxylation sites is 1. The first kappa shape index (κ1) is 24.6. The molecule has 5 nitrogen and oxygen atoms in total. The van der Waals surface area contributed by atoms with Gasteiger partial charge in [-0.3, -0.25) is 14.4 Å². The number of halogens is 1. The summed E-state index contributed by atoms with van der Waals surface area (Å²) in [6.45, 7) is 0. The summed E-state index contributed by atoms with van der Waals surface area (Å²) in [5.74, 6) is -0.874. The maximum atomic E-state index is 14.6. The van der Waals surface area contributed by atoms with E-state index in [9.17, 15) is 14.4 Å². The molecule has 0 N–H and O–H groups in total. The first-order valence-corrected chi connectivity index (χ1v) is 13.5. The lowest BCUT2D eigenvalue weighted by molar-refractivity contribution is 0.0666. The van der Waals surface area contributed by atoms with E-state index in [0.29, 0.717) is 33.0 Å². The van der Waals surface area contributed by atoms with Crippen molar-refractivity contribution in [2.75, 3.05) is 12.0 Å². The largest absolute Gasteiger partial charge is 0.497 e. The van der Waals surface area contributed by atoms with Crippen molar-refractivity contribution in [3.63, 3.8) is 0 Å². The zero-order valence-electron chi connectivity index (χ0n) is 21.6. The van der Waals surface area contributed by atoms with Gasteiger partial charge in [-0.2, -0.15) is 0 Å². The van der Waals surface area contributed by atoms with E-state index in [1.807, 2.05) is 47.4 Å². The Kier molecular flexibility index (Phi) is 5.55. The summed E-state index contributed by atoms with van der Waals surface area (Å²) in [7, 11) is 1.57. The van der Waals surface area contributed by atoms with Gasteiger partial charge in [0.25, 0.3) is 0 Å². The van der Waals surface area contributed by atoms with Gasteiger partial charge in [0.05, 0.1) is 13.2 Å². The number of fused-ring (bicyclic) bond motifs is 5. The average Bonchev–Trinajstić information content (AvgIpc) is 3.43. The van der Waals surface area contributed by atoms with Crippen LogP contribution in [0, 0.1) is 5.41 Å². The quantitative estimate of drug-likeness (QED) is 0.212. The van der Waals surface area contributed by atoms with Crippen LogP contribution >= 0.6 is 11.6 Å². The number of benzene rings is 4. The van der Waals surface area contributed by atoms with E-state index in [0.717, 1.165) is 11.3 Å². The SMILES string of the molecule is COc1ccc(C(=O)[C@H]2[C@H](c3cccc(Cl)c3)C3(C(=O)c4ccccc4C3=O)[C@H]3C=Cc4ccccc4N23)cc1. The maximum Gasteiger partial charge on any atom is 0.185 e. The molecule has 0 amide bonds. The summed E-state index contributed by atoms with van der Waals surface area (Å²) in [6, 6.07) is 27.4. The molecule has 3 aliphatic rings.